The van der Waals surface area contributed by atoms with Crippen LogP contribution in [0.4, 0.5) is 5.69 Å². The van der Waals surface area contributed by atoms with Crippen LogP contribution in [-0.2, 0) is 0 Å². The highest BCUT2D eigenvalue weighted by Crippen LogP contribution is 2.37. The van der Waals surface area contributed by atoms with Gasteiger partial charge in [0.05, 0.1) is 15.0 Å². The van der Waals surface area contributed by atoms with E-state index in [2.05, 4.69) is 4.98 Å². The van der Waals surface area contributed by atoms with Gasteiger partial charge in [-0.2, -0.15) is 0 Å². The third-order valence-electron chi connectivity index (χ3n) is 2.70. The van der Waals surface area contributed by atoms with E-state index in [4.69, 9.17) is 33.7 Å². The Labute approximate surface area is 130 Å². The number of benzene rings is 1. The zero-order valence-corrected chi connectivity index (χ0v) is 12.4. The van der Waals surface area contributed by atoms with E-state index in [0.717, 1.165) is 11.6 Å². The highest BCUT2D eigenvalue weighted by Gasteiger charge is 2.19. The van der Waals surface area contributed by atoms with E-state index in [0.29, 0.717) is 0 Å². The number of ether oxygens (including phenoxy) is 1. The molecule has 2 rings (SSSR count). The van der Waals surface area contributed by atoms with Crippen LogP contribution in [0, 0.1) is 10.1 Å². The maximum absolute atomic E-state index is 11.0. The molecule has 21 heavy (non-hydrogen) atoms. The van der Waals surface area contributed by atoms with E-state index in [1.54, 1.807) is 19.1 Å². The first-order chi connectivity index (χ1) is 9.88. The van der Waals surface area contributed by atoms with Gasteiger partial charge in [0.1, 0.15) is 0 Å². The summed E-state index contributed by atoms with van der Waals surface area (Å²) in [5.74, 6) is 0.148. The lowest BCUT2D eigenvalue weighted by molar-refractivity contribution is -0.385. The van der Waals surface area contributed by atoms with Crippen molar-refractivity contribution in [2.75, 3.05) is 0 Å². The second-order valence-electron chi connectivity index (χ2n) is 4.31. The molecule has 0 aliphatic heterocycles. The molecule has 1 aromatic carbocycles. The normalized spacial score (nSPS) is 12.0. The molecule has 0 spiro atoms. The van der Waals surface area contributed by atoms with Crippen molar-refractivity contribution in [3.8, 4) is 11.6 Å². The molecule has 0 aliphatic rings. The number of nitrogens with two attached hydrogens (primary N) is 1. The quantitative estimate of drug-likeness (QED) is 0.673. The van der Waals surface area contributed by atoms with Crippen LogP contribution >= 0.6 is 23.2 Å². The fourth-order valence-corrected chi connectivity index (χ4v) is 1.93. The minimum atomic E-state index is -0.604. The van der Waals surface area contributed by atoms with Crippen LogP contribution < -0.4 is 10.5 Å². The van der Waals surface area contributed by atoms with Crippen molar-refractivity contribution in [2.45, 2.75) is 13.0 Å². The molecular formula is C13H11Cl2N3O3. The third kappa shape index (κ3) is 3.60. The first-order valence-corrected chi connectivity index (χ1v) is 6.67. The maximum atomic E-state index is 11.0. The van der Waals surface area contributed by atoms with E-state index >= 15 is 0 Å². The summed E-state index contributed by atoms with van der Waals surface area (Å²) in [7, 11) is 0. The lowest BCUT2D eigenvalue weighted by atomic mass is 10.1. The van der Waals surface area contributed by atoms with Crippen LogP contribution in [0.3, 0.4) is 0 Å². The summed E-state index contributed by atoms with van der Waals surface area (Å²) in [4.78, 5) is 14.4. The van der Waals surface area contributed by atoms with Gasteiger partial charge in [0.2, 0.25) is 11.6 Å². The highest BCUT2D eigenvalue weighted by molar-refractivity contribution is 6.42. The summed E-state index contributed by atoms with van der Waals surface area (Å²) >= 11 is 11.6. The monoisotopic (exact) mass is 327 g/mol. The van der Waals surface area contributed by atoms with E-state index in [1.165, 1.54) is 12.3 Å². The van der Waals surface area contributed by atoms with Crippen LogP contribution in [0.25, 0.3) is 0 Å². The predicted molar refractivity (Wildman–Crippen MR) is 80.0 cm³/mol. The maximum Gasteiger partial charge on any atom is 0.313 e. The number of hydrogen-bond acceptors (Lipinski definition) is 5. The van der Waals surface area contributed by atoms with Gasteiger partial charge in [-0.1, -0.05) is 23.2 Å². The van der Waals surface area contributed by atoms with Gasteiger partial charge >= 0.3 is 5.69 Å². The molecule has 0 fully saturated rings. The molecule has 6 nitrogen and oxygen atoms in total. The van der Waals surface area contributed by atoms with Gasteiger partial charge in [0.15, 0.2) is 0 Å². The van der Waals surface area contributed by atoms with Crippen LogP contribution in [-0.4, -0.2) is 9.91 Å². The zero-order valence-electron chi connectivity index (χ0n) is 10.9. The fraction of sp³-hybridized carbons (Fsp3) is 0.154. The minimum Gasteiger partial charge on any atom is -0.432 e. The molecule has 0 aliphatic carbocycles. The number of nitro groups is 1. The van der Waals surface area contributed by atoms with Gasteiger partial charge < -0.3 is 10.5 Å². The second-order valence-corrected chi connectivity index (χ2v) is 5.12. The Balaban J connectivity index is 2.41. The number of halogens is 2. The van der Waals surface area contributed by atoms with Crippen molar-refractivity contribution < 1.29 is 9.66 Å². The van der Waals surface area contributed by atoms with Crippen LogP contribution in [0.15, 0.2) is 30.5 Å². The highest BCUT2D eigenvalue weighted by atomic mass is 35.5. The lowest BCUT2D eigenvalue weighted by Crippen LogP contribution is -2.05. The SMILES string of the molecule is C[C@H](N)c1ccnc(Oc2cc(Cl)c(Cl)cc2[N+](=O)[O-])c1. The van der Waals surface area contributed by atoms with Crippen molar-refractivity contribution in [1.82, 2.24) is 4.98 Å². The number of pyridine rings is 1. The van der Waals surface area contributed by atoms with E-state index < -0.39 is 4.92 Å². The zero-order chi connectivity index (χ0) is 15.6. The Kier molecular flexibility index (Phi) is 4.62. The molecule has 1 heterocycles. The number of aromatic nitrogens is 1. The second kappa shape index (κ2) is 6.26. The molecule has 0 unspecified atom stereocenters. The minimum absolute atomic E-state index is 0.0382. The van der Waals surface area contributed by atoms with Gasteiger partial charge in [-0.25, -0.2) is 4.98 Å². The molecule has 8 heteroatoms. The van der Waals surface area contributed by atoms with Gasteiger partial charge in [-0.05, 0) is 18.6 Å². The summed E-state index contributed by atoms with van der Waals surface area (Å²) in [6, 6.07) is 5.55. The summed E-state index contributed by atoms with van der Waals surface area (Å²) in [5, 5.41) is 11.3. The molecule has 0 amide bonds. The topological polar surface area (TPSA) is 91.3 Å². The van der Waals surface area contributed by atoms with Crippen LogP contribution in [0.5, 0.6) is 11.6 Å². The molecule has 2 aromatic rings. The molecule has 1 atom stereocenters. The van der Waals surface area contributed by atoms with Crippen LogP contribution in [0.1, 0.15) is 18.5 Å². The molecule has 0 saturated heterocycles. The largest absolute Gasteiger partial charge is 0.432 e. The average Bonchev–Trinajstić information content (AvgIpc) is 2.42. The molecule has 0 radical (unpaired) electrons. The molecule has 0 bridgehead atoms. The van der Waals surface area contributed by atoms with Crippen molar-refractivity contribution >= 4 is 28.9 Å². The number of rotatable bonds is 4. The predicted octanol–water partition coefficient (Wildman–Crippen LogP) is 4.11. The Hall–Kier alpha value is -1.89. The average molecular weight is 328 g/mol. The van der Waals surface area contributed by atoms with E-state index in [-0.39, 0.29) is 33.4 Å². The summed E-state index contributed by atoms with van der Waals surface area (Å²) in [5.41, 5.74) is 6.27. The Bertz CT molecular complexity index is 692. The molecular weight excluding hydrogens is 317 g/mol. The first-order valence-electron chi connectivity index (χ1n) is 5.91. The van der Waals surface area contributed by atoms with Crippen molar-refractivity contribution in [3.05, 3.63) is 56.2 Å². The fourth-order valence-electron chi connectivity index (χ4n) is 1.62. The summed E-state index contributed by atoms with van der Waals surface area (Å²) < 4.78 is 5.45. The Morgan fingerprint density at radius 1 is 1.33 bits per heavy atom. The number of hydrogen-bond donors (Lipinski definition) is 1. The van der Waals surface area contributed by atoms with Crippen molar-refractivity contribution in [1.29, 1.82) is 0 Å². The smallest absolute Gasteiger partial charge is 0.313 e. The number of nitro benzene ring substituents is 1. The van der Waals surface area contributed by atoms with Gasteiger partial charge in [-0.15, -0.1) is 0 Å². The Morgan fingerprint density at radius 2 is 2.00 bits per heavy atom. The standard InChI is InChI=1S/C13H11Cl2N3O3/c1-7(16)8-2-3-17-13(4-8)21-12-6-10(15)9(14)5-11(12)18(19)20/h2-7H,16H2,1H3/t7-/m0/s1. The van der Waals surface area contributed by atoms with Crippen LogP contribution in [0.2, 0.25) is 10.0 Å². The molecule has 110 valence electrons. The van der Waals surface area contributed by atoms with Gasteiger partial charge in [0.25, 0.3) is 0 Å². The third-order valence-corrected chi connectivity index (χ3v) is 3.42. The summed E-state index contributed by atoms with van der Waals surface area (Å²) in [6.07, 6.45) is 1.51. The first kappa shape index (κ1) is 15.5. The lowest BCUT2D eigenvalue weighted by Gasteiger charge is -2.09. The molecule has 1 aromatic heterocycles. The van der Waals surface area contributed by atoms with E-state index in [1.807, 2.05) is 0 Å². The van der Waals surface area contributed by atoms with Crippen molar-refractivity contribution in [2.24, 2.45) is 5.73 Å². The molecule has 0 saturated carbocycles. The van der Waals surface area contributed by atoms with E-state index in [9.17, 15) is 10.1 Å². The van der Waals surface area contributed by atoms with Gasteiger partial charge in [0, 0.05) is 30.4 Å². The summed E-state index contributed by atoms with van der Waals surface area (Å²) in [6.45, 7) is 1.81. The number of nitrogens with zero attached hydrogens (tertiary/aromatic N) is 2. The Morgan fingerprint density at radius 3 is 2.62 bits per heavy atom. The van der Waals surface area contributed by atoms with Crippen molar-refractivity contribution in [3.63, 3.8) is 0 Å². The molecule has 2 N–H and O–H groups in total. The van der Waals surface area contributed by atoms with Gasteiger partial charge in [-0.3, -0.25) is 10.1 Å².